The molecule has 7 nitrogen and oxygen atoms in total. The van der Waals surface area contributed by atoms with Crippen molar-refractivity contribution in [3.05, 3.63) is 102 Å². The van der Waals surface area contributed by atoms with Crippen molar-refractivity contribution < 1.29 is 17.9 Å². The Balaban J connectivity index is 1.40. The Bertz CT molecular complexity index is 1060. The average Bonchev–Trinajstić information content (AvgIpc) is 2.92. The van der Waals surface area contributed by atoms with Crippen LogP contribution >= 0.6 is 0 Å². The second-order valence-corrected chi connectivity index (χ2v) is 10.7. The van der Waals surface area contributed by atoms with E-state index in [0.29, 0.717) is 39.5 Å². The molecule has 0 heterocycles. The number of sulfonamides is 1. The largest absolute Gasteiger partial charge is 0.379 e. The summed E-state index contributed by atoms with van der Waals surface area (Å²) in [6.07, 6.45) is 0. The quantitative estimate of drug-likeness (QED) is 0.247. The summed E-state index contributed by atoms with van der Waals surface area (Å²) in [5, 5.41) is 6.67. The van der Waals surface area contributed by atoms with E-state index in [4.69, 9.17) is 9.47 Å². The molecule has 0 atom stereocenters. The van der Waals surface area contributed by atoms with Crippen LogP contribution in [0.3, 0.4) is 0 Å². The summed E-state index contributed by atoms with van der Waals surface area (Å²) < 4.78 is 39.5. The van der Waals surface area contributed by atoms with E-state index in [2.05, 4.69) is 34.9 Å². The van der Waals surface area contributed by atoms with Crippen molar-refractivity contribution in [3.8, 4) is 0 Å². The first kappa shape index (κ1) is 29.0. The minimum absolute atomic E-state index is 0.268. The highest BCUT2D eigenvalue weighted by Crippen LogP contribution is 2.16. The topological polar surface area (TPSA) is 79.9 Å². The molecule has 0 aliphatic rings. The zero-order valence-corrected chi connectivity index (χ0v) is 22.5. The van der Waals surface area contributed by atoms with E-state index in [1.54, 1.807) is 12.1 Å². The van der Waals surface area contributed by atoms with Crippen LogP contribution in [-0.2, 0) is 32.6 Å². The molecule has 2 N–H and O–H groups in total. The standard InChI is InChI=1S/C29H39N3O4S/c1-26-12-14-29(15-13-26)37(33,34)32(18-22-35-20-16-30-24-27-8-4-2-5-9-27)19-23-36-21-17-31-25-28-10-6-3-7-11-28/h2-15,30-31H,16-25H2,1H3. The molecule has 0 saturated carbocycles. The monoisotopic (exact) mass is 525 g/mol. The van der Waals surface area contributed by atoms with E-state index in [1.165, 1.54) is 15.4 Å². The second kappa shape index (κ2) is 16.3. The first-order valence-corrected chi connectivity index (χ1v) is 14.2. The van der Waals surface area contributed by atoms with Crippen LogP contribution < -0.4 is 10.6 Å². The lowest BCUT2D eigenvalue weighted by atomic mass is 10.2. The van der Waals surface area contributed by atoms with Gasteiger partial charge in [0.25, 0.3) is 0 Å². The third kappa shape index (κ3) is 10.7. The molecule has 0 amide bonds. The van der Waals surface area contributed by atoms with E-state index < -0.39 is 10.0 Å². The predicted octanol–water partition coefficient (Wildman–Crippen LogP) is 3.60. The highest BCUT2D eigenvalue weighted by atomic mass is 32.2. The van der Waals surface area contributed by atoms with Crippen molar-refractivity contribution >= 4 is 10.0 Å². The Morgan fingerprint density at radius 1 is 0.649 bits per heavy atom. The fourth-order valence-electron chi connectivity index (χ4n) is 3.69. The number of ether oxygens (including phenoxy) is 2. The lowest BCUT2D eigenvalue weighted by Gasteiger charge is -2.22. The smallest absolute Gasteiger partial charge is 0.243 e. The van der Waals surface area contributed by atoms with Crippen LogP contribution in [0.4, 0.5) is 0 Å². The molecule has 0 fully saturated rings. The minimum Gasteiger partial charge on any atom is -0.379 e. The number of rotatable bonds is 18. The van der Waals surface area contributed by atoms with Crippen molar-refractivity contribution in [1.29, 1.82) is 0 Å². The predicted molar refractivity (Wildman–Crippen MR) is 148 cm³/mol. The van der Waals surface area contributed by atoms with Gasteiger partial charge in [0.1, 0.15) is 0 Å². The van der Waals surface area contributed by atoms with Crippen LogP contribution in [0.25, 0.3) is 0 Å². The summed E-state index contributed by atoms with van der Waals surface area (Å²) in [6, 6.07) is 27.3. The highest BCUT2D eigenvalue weighted by Gasteiger charge is 2.24. The molecule has 0 spiro atoms. The second-order valence-electron chi connectivity index (χ2n) is 8.77. The van der Waals surface area contributed by atoms with Crippen molar-refractivity contribution in [2.75, 3.05) is 52.6 Å². The Morgan fingerprint density at radius 2 is 1.11 bits per heavy atom. The van der Waals surface area contributed by atoms with Gasteiger partial charge in [0.15, 0.2) is 0 Å². The van der Waals surface area contributed by atoms with Crippen molar-refractivity contribution in [2.45, 2.75) is 24.9 Å². The molecule has 0 bridgehead atoms. The first-order chi connectivity index (χ1) is 18.1. The molecule has 0 saturated heterocycles. The summed E-state index contributed by atoms with van der Waals surface area (Å²) in [5.74, 6) is 0. The van der Waals surface area contributed by atoms with Gasteiger partial charge < -0.3 is 20.1 Å². The molecule has 0 aliphatic carbocycles. The maximum Gasteiger partial charge on any atom is 0.243 e. The van der Waals surface area contributed by atoms with Crippen molar-refractivity contribution in [1.82, 2.24) is 14.9 Å². The summed E-state index contributed by atoms with van der Waals surface area (Å²) in [7, 11) is -3.64. The molecule has 37 heavy (non-hydrogen) atoms. The number of hydrogen-bond donors (Lipinski definition) is 2. The lowest BCUT2D eigenvalue weighted by Crippen LogP contribution is -2.37. The minimum atomic E-state index is -3.64. The van der Waals surface area contributed by atoms with Crippen LogP contribution in [0.2, 0.25) is 0 Å². The third-order valence-electron chi connectivity index (χ3n) is 5.82. The van der Waals surface area contributed by atoms with Gasteiger partial charge in [-0.15, -0.1) is 0 Å². The molecule has 0 unspecified atom stereocenters. The van der Waals surface area contributed by atoms with Crippen LogP contribution in [0, 0.1) is 6.92 Å². The number of aryl methyl sites for hydroxylation is 1. The van der Waals surface area contributed by atoms with Crippen LogP contribution in [0.5, 0.6) is 0 Å². The molecule has 0 aliphatic heterocycles. The van der Waals surface area contributed by atoms with Gasteiger partial charge in [-0.2, -0.15) is 4.31 Å². The van der Waals surface area contributed by atoms with Crippen LogP contribution in [0.1, 0.15) is 16.7 Å². The molecule has 0 radical (unpaired) electrons. The number of nitrogens with one attached hydrogen (secondary N) is 2. The van der Waals surface area contributed by atoms with Gasteiger partial charge in [-0.1, -0.05) is 78.4 Å². The van der Waals surface area contributed by atoms with E-state index >= 15 is 0 Å². The van der Waals surface area contributed by atoms with Crippen LogP contribution in [-0.4, -0.2) is 65.3 Å². The molecule has 8 heteroatoms. The first-order valence-electron chi connectivity index (χ1n) is 12.8. The Morgan fingerprint density at radius 3 is 1.57 bits per heavy atom. The number of nitrogens with zero attached hydrogens (tertiary/aromatic N) is 1. The molecular weight excluding hydrogens is 486 g/mol. The van der Waals surface area contributed by atoms with Crippen molar-refractivity contribution in [2.24, 2.45) is 0 Å². The highest BCUT2D eigenvalue weighted by molar-refractivity contribution is 7.89. The van der Waals surface area contributed by atoms with Gasteiger partial charge in [0.05, 0.1) is 31.3 Å². The van der Waals surface area contributed by atoms with Crippen molar-refractivity contribution in [3.63, 3.8) is 0 Å². The molecule has 3 aromatic rings. The zero-order valence-electron chi connectivity index (χ0n) is 21.6. The maximum absolute atomic E-state index is 13.3. The normalized spacial score (nSPS) is 11.7. The third-order valence-corrected chi connectivity index (χ3v) is 7.73. The summed E-state index contributed by atoms with van der Waals surface area (Å²) >= 11 is 0. The molecular formula is C29H39N3O4S. The SMILES string of the molecule is Cc1ccc(S(=O)(=O)N(CCOCCNCc2ccccc2)CCOCCNCc2ccccc2)cc1. The molecule has 200 valence electrons. The number of hydrogen-bond acceptors (Lipinski definition) is 6. The fraction of sp³-hybridized carbons (Fsp3) is 0.379. The van der Waals surface area contributed by atoms with E-state index in [0.717, 1.165) is 18.7 Å². The Labute approximate surface area is 221 Å². The summed E-state index contributed by atoms with van der Waals surface area (Å²) in [5.41, 5.74) is 3.45. The number of benzene rings is 3. The van der Waals surface area contributed by atoms with E-state index in [-0.39, 0.29) is 18.0 Å². The molecule has 0 aromatic heterocycles. The Kier molecular flexibility index (Phi) is 12.8. The Hall–Kier alpha value is -2.59. The average molecular weight is 526 g/mol. The van der Waals surface area contributed by atoms with E-state index in [1.807, 2.05) is 55.5 Å². The summed E-state index contributed by atoms with van der Waals surface area (Å²) in [4.78, 5) is 0.284. The van der Waals surface area contributed by atoms with Gasteiger partial charge in [-0.25, -0.2) is 8.42 Å². The van der Waals surface area contributed by atoms with Gasteiger partial charge in [-0.3, -0.25) is 0 Å². The fourth-order valence-corrected chi connectivity index (χ4v) is 5.10. The zero-order chi connectivity index (χ0) is 26.2. The van der Waals surface area contributed by atoms with E-state index in [9.17, 15) is 8.42 Å². The molecule has 3 aromatic carbocycles. The van der Waals surface area contributed by atoms with Gasteiger partial charge in [0.2, 0.25) is 10.0 Å². The van der Waals surface area contributed by atoms with Gasteiger partial charge >= 0.3 is 0 Å². The van der Waals surface area contributed by atoms with Crippen LogP contribution in [0.15, 0.2) is 89.8 Å². The lowest BCUT2D eigenvalue weighted by molar-refractivity contribution is 0.101. The summed E-state index contributed by atoms with van der Waals surface area (Å²) in [6.45, 7) is 7.06. The van der Waals surface area contributed by atoms with Gasteiger partial charge in [0, 0.05) is 39.3 Å². The van der Waals surface area contributed by atoms with Gasteiger partial charge in [-0.05, 0) is 30.2 Å². The maximum atomic E-state index is 13.3. The molecule has 3 rings (SSSR count).